The molecule has 17 heavy (non-hydrogen) atoms. The number of aromatic amines is 1. The van der Waals surface area contributed by atoms with Gasteiger partial charge in [0.1, 0.15) is 0 Å². The molecule has 4 heteroatoms. The van der Waals surface area contributed by atoms with Crippen molar-refractivity contribution in [3.8, 4) is 11.3 Å². The number of rotatable bonds is 5. The van der Waals surface area contributed by atoms with Crippen molar-refractivity contribution in [2.24, 2.45) is 0 Å². The molecule has 0 saturated heterocycles. The van der Waals surface area contributed by atoms with E-state index in [1.807, 2.05) is 25.2 Å². The molecule has 0 atom stereocenters. The van der Waals surface area contributed by atoms with Crippen LogP contribution in [0, 0.1) is 0 Å². The van der Waals surface area contributed by atoms with Crippen LogP contribution in [0.5, 0.6) is 0 Å². The molecule has 0 unspecified atom stereocenters. The summed E-state index contributed by atoms with van der Waals surface area (Å²) in [4.78, 5) is 0. The van der Waals surface area contributed by atoms with Crippen LogP contribution in [0.4, 0.5) is 0 Å². The Bertz CT molecular complexity index is 479. The van der Waals surface area contributed by atoms with Crippen LogP contribution in [0.15, 0.2) is 34.8 Å². The van der Waals surface area contributed by atoms with E-state index in [0.29, 0.717) is 0 Å². The Kier molecular flexibility index (Phi) is 4.34. The second-order valence-electron chi connectivity index (χ2n) is 3.97. The first-order chi connectivity index (χ1) is 8.31. The lowest BCUT2D eigenvalue weighted by atomic mass is 10.1. The van der Waals surface area contributed by atoms with Gasteiger partial charge in [0.25, 0.3) is 0 Å². The lowest BCUT2D eigenvalue weighted by molar-refractivity contribution is 0.713. The molecule has 1 aromatic heterocycles. The molecule has 2 N–H and O–H groups in total. The van der Waals surface area contributed by atoms with Crippen LogP contribution in [-0.2, 0) is 6.42 Å². The molecule has 90 valence electrons. The van der Waals surface area contributed by atoms with Gasteiger partial charge in [0.2, 0.25) is 0 Å². The molecular weight excluding hydrogens is 278 g/mol. The molecule has 2 aromatic rings. The van der Waals surface area contributed by atoms with Gasteiger partial charge >= 0.3 is 0 Å². The summed E-state index contributed by atoms with van der Waals surface area (Å²) in [6, 6.07) is 10.3. The standard InChI is InChI=1S/C13H16BrN3/c1-15-8-4-5-10-9-13(17-16-10)11-6-2-3-7-12(11)14/h2-3,6-7,9,15H,4-5,8H2,1H3,(H,16,17). The molecule has 0 fully saturated rings. The van der Waals surface area contributed by atoms with Crippen molar-refractivity contribution in [2.45, 2.75) is 12.8 Å². The lowest BCUT2D eigenvalue weighted by Gasteiger charge is -1.98. The summed E-state index contributed by atoms with van der Waals surface area (Å²) in [5.74, 6) is 0. The number of hydrogen-bond acceptors (Lipinski definition) is 2. The van der Waals surface area contributed by atoms with Crippen LogP contribution in [-0.4, -0.2) is 23.8 Å². The minimum absolute atomic E-state index is 0.997. The predicted octanol–water partition coefficient (Wildman–Crippen LogP) is 2.99. The van der Waals surface area contributed by atoms with Gasteiger partial charge in [-0.2, -0.15) is 5.10 Å². The van der Waals surface area contributed by atoms with Crippen LogP contribution >= 0.6 is 15.9 Å². The maximum Gasteiger partial charge on any atom is 0.0934 e. The van der Waals surface area contributed by atoms with E-state index in [1.54, 1.807) is 0 Å². The first-order valence-corrected chi connectivity index (χ1v) is 6.54. The zero-order chi connectivity index (χ0) is 12.1. The second-order valence-corrected chi connectivity index (χ2v) is 4.82. The van der Waals surface area contributed by atoms with Gasteiger partial charge in [-0.3, -0.25) is 5.10 Å². The molecule has 0 aliphatic carbocycles. The van der Waals surface area contributed by atoms with Crippen molar-refractivity contribution < 1.29 is 0 Å². The summed E-state index contributed by atoms with van der Waals surface area (Å²) in [6.45, 7) is 1.03. The highest BCUT2D eigenvalue weighted by molar-refractivity contribution is 9.10. The Balaban J connectivity index is 2.10. The van der Waals surface area contributed by atoms with E-state index >= 15 is 0 Å². The summed E-state index contributed by atoms with van der Waals surface area (Å²) < 4.78 is 1.08. The fourth-order valence-electron chi connectivity index (χ4n) is 1.75. The Morgan fingerprint density at radius 2 is 2.18 bits per heavy atom. The molecule has 0 bridgehead atoms. The summed E-state index contributed by atoms with van der Waals surface area (Å²) in [7, 11) is 1.97. The monoisotopic (exact) mass is 293 g/mol. The summed E-state index contributed by atoms with van der Waals surface area (Å²) in [6.07, 6.45) is 2.15. The molecule has 0 amide bonds. The number of hydrogen-bond donors (Lipinski definition) is 2. The zero-order valence-corrected chi connectivity index (χ0v) is 11.4. The average molecular weight is 294 g/mol. The predicted molar refractivity (Wildman–Crippen MR) is 74.0 cm³/mol. The third-order valence-electron chi connectivity index (χ3n) is 2.65. The van der Waals surface area contributed by atoms with Gasteiger partial charge in [-0.05, 0) is 38.6 Å². The van der Waals surface area contributed by atoms with Gasteiger partial charge < -0.3 is 5.32 Å². The smallest absolute Gasteiger partial charge is 0.0934 e. The van der Waals surface area contributed by atoms with Crippen molar-refractivity contribution in [3.63, 3.8) is 0 Å². The average Bonchev–Trinajstić information content (AvgIpc) is 2.79. The molecular formula is C13H16BrN3. The van der Waals surface area contributed by atoms with E-state index in [1.165, 1.54) is 5.69 Å². The van der Waals surface area contributed by atoms with Crippen molar-refractivity contribution in [1.82, 2.24) is 15.5 Å². The van der Waals surface area contributed by atoms with E-state index in [-0.39, 0.29) is 0 Å². The molecule has 0 saturated carbocycles. The van der Waals surface area contributed by atoms with E-state index in [2.05, 4.69) is 43.6 Å². The number of nitrogens with zero attached hydrogens (tertiary/aromatic N) is 1. The number of H-pyrrole nitrogens is 1. The van der Waals surface area contributed by atoms with Crippen LogP contribution in [0.3, 0.4) is 0 Å². The topological polar surface area (TPSA) is 40.7 Å². The number of halogens is 1. The van der Waals surface area contributed by atoms with Crippen molar-refractivity contribution in [3.05, 3.63) is 40.5 Å². The molecule has 0 aliphatic rings. The molecule has 1 aromatic carbocycles. The number of nitrogens with one attached hydrogen (secondary N) is 2. The molecule has 0 aliphatic heterocycles. The zero-order valence-electron chi connectivity index (χ0n) is 9.83. The number of benzene rings is 1. The Hall–Kier alpha value is -1.13. The van der Waals surface area contributed by atoms with E-state index < -0.39 is 0 Å². The van der Waals surface area contributed by atoms with Gasteiger partial charge in [0, 0.05) is 15.7 Å². The van der Waals surface area contributed by atoms with Crippen LogP contribution in [0.25, 0.3) is 11.3 Å². The Morgan fingerprint density at radius 3 is 2.94 bits per heavy atom. The van der Waals surface area contributed by atoms with Crippen molar-refractivity contribution in [1.29, 1.82) is 0 Å². The maximum atomic E-state index is 4.35. The first kappa shape index (κ1) is 12.3. The largest absolute Gasteiger partial charge is 0.320 e. The Morgan fingerprint density at radius 1 is 1.35 bits per heavy atom. The van der Waals surface area contributed by atoms with E-state index in [0.717, 1.165) is 35.1 Å². The summed E-state index contributed by atoms with van der Waals surface area (Å²) in [5, 5.41) is 10.6. The number of aromatic nitrogens is 2. The van der Waals surface area contributed by atoms with Gasteiger partial charge in [-0.25, -0.2) is 0 Å². The molecule has 2 rings (SSSR count). The normalized spacial score (nSPS) is 10.7. The SMILES string of the molecule is CNCCCc1cc(-c2ccccc2Br)n[nH]1. The van der Waals surface area contributed by atoms with Crippen LogP contribution in [0.2, 0.25) is 0 Å². The Labute approximate surface area is 110 Å². The molecule has 0 radical (unpaired) electrons. The quantitative estimate of drug-likeness (QED) is 0.832. The fourth-order valence-corrected chi connectivity index (χ4v) is 2.24. The van der Waals surface area contributed by atoms with Gasteiger partial charge in [0.05, 0.1) is 5.69 Å². The highest BCUT2D eigenvalue weighted by Gasteiger charge is 2.06. The van der Waals surface area contributed by atoms with Gasteiger partial charge in [0.15, 0.2) is 0 Å². The van der Waals surface area contributed by atoms with Gasteiger partial charge in [-0.15, -0.1) is 0 Å². The molecule has 1 heterocycles. The van der Waals surface area contributed by atoms with Crippen molar-refractivity contribution >= 4 is 15.9 Å². The minimum Gasteiger partial charge on any atom is -0.320 e. The fraction of sp³-hybridized carbons (Fsp3) is 0.308. The highest BCUT2D eigenvalue weighted by atomic mass is 79.9. The maximum absolute atomic E-state index is 4.35. The summed E-state index contributed by atoms with van der Waals surface area (Å²) in [5.41, 5.74) is 3.31. The highest BCUT2D eigenvalue weighted by Crippen LogP contribution is 2.26. The van der Waals surface area contributed by atoms with Crippen LogP contribution in [0.1, 0.15) is 12.1 Å². The van der Waals surface area contributed by atoms with E-state index in [4.69, 9.17) is 0 Å². The molecule has 0 spiro atoms. The third-order valence-corrected chi connectivity index (χ3v) is 3.35. The summed E-state index contributed by atoms with van der Waals surface area (Å²) >= 11 is 3.54. The first-order valence-electron chi connectivity index (χ1n) is 5.75. The van der Waals surface area contributed by atoms with Crippen LogP contribution < -0.4 is 5.32 Å². The minimum atomic E-state index is 0.997. The lowest BCUT2D eigenvalue weighted by Crippen LogP contribution is -2.08. The van der Waals surface area contributed by atoms with E-state index in [9.17, 15) is 0 Å². The number of aryl methyl sites for hydroxylation is 1. The van der Waals surface area contributed by atoms with Gasteiger partial charge in [-0.1, -0.05) is 34.1 Å². The molecule has 3 nitrogen and oxygen atoms in total. The third kappa shape index (κ3) is 3.17. The second kappa shape index (κ2) is 5.98. The van der Waals surface area contributed by atoms with Crippen molar-refractivity contribution in [2.75, 3.05) is 13.6 Å².